The number of benzene rings is 2. The maximum atomic E-state index is 12.9. The minimum atomic E-state index is -1.04. The first-order chi connectivity index (χ1) is 9.94. The van der Waals surface area contributed by atoms with E-state index in [1.54, 1.807) is 24.3 Å². The van der Waals surface area contributed by atoms with E-state index >= 15 is 0 Å². The molecule has 0 saturated carbocycles. The van der Waals surface area contributed by atoms with E-state index in [0.29, 0.717) is 11.3 Å². The maximum Gasteiger partial charge on any atom is 0.345 e. The van der Waals surface area contributed by atoms with E-state index in [-0.39, 0.29) is 12.2 Å². The minimum Gasteiger partial charge on any atom is -0.478 e. The van der Waals surface area contributed by atoms with Gasteiger partial charge in [0.25, 0.3) is 0 Å². The van der Waals surface area contributed by atoms with Crippen LogP contribution in [0.2, 0.25) is 0 Å². The number of hydrogen-bond donors (Lipinski definition) is 1. The van der Waals surface area contributed by atoms with Crippen LogP contribution in [0.3, 0.4) is 0 Å². The average Bonchev–Trinajstić information content (AvgIpc) is 2.39. The summed E-state index contributed by atoms with van der Waals surface area (Å²) in [5.41, 5.74) is 2.74. The van der Waals surface area contributed by atoms with Gasteiger partial charge in [0, 0.05) is 6.42 Å². The molecule has 2 rings (SSSR count). The van der Waals surface area contributed by atoms with Crippen molar-refractivity contribution in [2.45, 2.75) is 26.4 Å². The second kappa shape index (κ2) is 6.39. The zero-order valence-electron chi connectivity index (χ0n) is 12.0. The molecule has 0 aliphatic rings. The van der Waals surface area contributed by atoms with Gasteiger partial charge in [0.15, 0.2) is 6.10 Å². The molecule has 3 nitrogen and oxygen atoms in total. The molecule has 2 aromatic rings. The summed E-state index contributed by atoms with van der Waals surface area (Å²) >= 11 is 0. The summed E-state index contributed by atoms with van der Waals surface area (Å²) in [7, 11) is 0. The summed E-state index contributed by atoms with van der Waals surface area (Å²) in [4.78, 5) is 11.3. The molecule has 0 fully saturated rings. The fraction of sp³-hybridized carbons (Fsp3) is 0.235. The van der Waals surface area contributed by atoms with Crippen LogP contribution < -0.4 is 4.74 Å². The fourth-order valence-corrected chi connectivity index (χ4v) is 2.18. The number of hydrogen-bond acceptors (Lipinski definition) is 2. The van der Waals surface area contributed by atoms with E-state index in [1.165, 1.54) is 12.1 Å². The van der Waals surface area contributed by atoms with Gasteiger partial charge in [-0.05, 0) is 54.8 Å². The molecule has 0 bridgehead atoms. The molecular formula is C17H17FO3. The van der Waals surface area contributed by atoms with Crippen LogP contribution >= 0.6 is 0 Å². The Morgan fingerprint density at radius 2 is 1.71 bits per heavy atom. The predicted octanol–water partition coefficient (Wildman–Crippen LogP) is 3.52. The first-order valence-electron chi connectivity index (χ1n) is 6.66. The van der Waals surface area contributed by atoms with Gasteiger partial charge in [-0.3, -0.25) is 0 Å². The number of carbonyl (C=O) groups is 1. The molecule has 0 unspecified atom stereocenters. The molecule has 0 aliphatic heterocycles. The zero-order chi connectivity index (χ0) is 15.4. The van der Waals surface area contributed by atoms with Crippen LogP contribution in [0.25, 0.3) is 0 Å². The molecule has 110 valence electrons. The lowest BCUT2D eigenvalue weighted by atomic mass is 10.1. The van der Waals surface area contributed by atoms with Crippen molar-refractivity contribution in [2.75, 3.05) is 0 Å². The van der Waals surface area contributed by atoms with Crippen LogP contribution in [0.1, 0.15) is 16.7 Å². The van der Waals surface area contributed by atoms with Crippen molar-refractivity contribution < 1.29 is 19.0 Å². The summed E-state index contributed by atoms with van der Waals surface area (Å²) in [5.74, 6) is -0.860. The van der Waals surface area contributed by atoms with Gasteiger partial charge < -0.3 is 9.84 Å². The Hall–Kier alpha value is -2.36. The Morgan fingerprint density at radius 3 is 2.24 bits per heavy atom. The van der Waals surface area contributed by atoms with Crippen LogP contribution in [-0.4, -0.2) is 17.2 Å². The van der Waals surface area contributed by atoms with Gasteiger partial charge in [0.1, 0.15) is 11.6 Å². The van der Waals surface area contributed by atoms with Crippen LogP contribution in [0, 0.1) is 19.7 Å². The van der Waals surface area contributed by atoms with Crippen molar-refractivity contribution in [1.82, 2.24) is 0 Å². The first-order valence-corrected chi connectivity index (χ1v) is 6.66. The Kier molecular flexibility index (Phi) is 4.58. The van der Waals surface area contributed by atoms with E-state index in [9.17, 15) is 14.3 Å². The Morgan fingerprint density at radius 1 is 1.14 bits per heavy atom. The predicted molar refractivity (Wildman–Crippen MR) is 78.1 cm³/mol. The van der Waals surface area contributed by atoms with Gasteiger partial charge in [-0.15, -0.1) is 0 Å². The SMILES string of the molecule is Cc1cc(C)cc(O[C@H](Cc2ccc(F)cc2)C(=O)O)c1. The molecule has 0 aromatic heterocycles. The first kappa shape index (κ1) is 15.0. The molecule has 0 spiro atoms. The number of carboxylic acids is 1. The quantitative estimate of drug-likeness (QED) is 0.915. The lowest BCUT2D eigenvalue weighted by Gasteiger charge is -2.16. The summed E-state index contributed by atoms with van der Waals surface area (Å²) in [6.07, 6.45) is -0.820. The Balaban J connectivity index is 2.15. The highest BCUT2D eigenvalue weighted by molar-refractivity contribution is 5.73. The molecule has 0 saturated heterocycles. The van der Waals surface area contributed by atoms with Gasteiger partial charge in [-0.25, -0.2) is 9.18 Å². The summed E-state index contributed by atoms with van der Waals surface area (Å²) < 4.78 is 18.4. The Labute approximate surface area is 123 Å². The highest BCUT2D eigenvalue weighted by Crippen LogP contribution is 2.19. The van der Waals surface area contributed by atoms with E-state index in [2.05, 4.69) is 0 Å². The van der Waals surface area contributed by atoms with Crippen LogP contribution in [0.5, 0.6) is 5.75 Å². The minimum absolute atomic E-state index is 0.183. The third-order valence-electron chi connectivity index (χ3n) is 3.08. The number of halogens is 1. The van der Waals surface area contributed by atoms with Gasteiger partial charge in [-0.2, -0.15) is 0 Å². The van der Waals surface area contributed by atoms with Crippen LogP contribution in [0.15, 0.2) is 42.5 Å². The second-order valence-electron chi connectivity index (χ2n) is 5.10. The second-order valence-corrected chi connectivity index (χ2v) is 5.10. The highest BCUT2D eigenvalue weighted by atomic mass is 19.1. The highest BCUT2D eigenvalue weighted by Gasteiger charge is 2.20. The molecule has 1 atom stereocenters. The smallest absolute Gasteiger partial charge is 0.345 e. The summed E-state index contributed by atoms with van der Waals surface area (Å²) in [6.45, 7) is 3.85. The zero-order valence-corrected chi connectivity index (χ0v) is 12.0. The van der Waals surface area contributed by atoms with Gasteiger partial charge >= 0.3 is 5.97 Å². The molecule has 0 radical (unpaired) electrons. The number of ether oxygens (including phenoxy) is 1. The molecule has 4 heteroatoms. The van der Waals surface area contributed by atoms with E-state index in [1.807, 2.05) is 19.9 Å². The van der Waals surface area contributed by atoms with Crippen LogP contribution in [0.4, 0.5) is 4.39 Å². The third kappa shape index (κ3) is 4.31. The van der Waals surface area contributed by atoms with E-state index in [0.717, 1.165) is 11.1 Å². The molecule has 0 heterocycles. The molecular weight excluding hydrogens is 271 g/mol. The number of rotatable bonds is 5. The van der Waals surface area contributed by atoms with Crippen molar-refractivity contribution in [3.63, 3.8) is 0 Å². The fourth-order valence-electron chi connectivity index (χ4n) is 2.18. The topological polar surface area (TPSA) is 46.5 Å². The van der Waals surface area contributed by atoms with Crippen molar-refractivity contribution in [3.8, 4) is 5.75 Å². The molecule has 0 amide bonds. The normalized spacial score (nSPS) is 12.0. The van der Waals surface area contributed by atoms with Crippen molar-refractivity contribution in [1.29, 1.82) is 0 Å². The number of carboxylic acid groups (broad SMARTS) is 1. The Bertz CT molecular complexity index is 615. The molecule has 0 aliphatic carbocycles. The summed E-state index contributed by atoms with van der Waals surface area (Å²) in [6, 6.07) is 11.3. The third-order valence-corrected chi connectivity index (χ3v) is 3.08. The standard InChI is InChI=1S/C17H17FO3/c1-11-7-12(2)9-15(8-11)21-16(17(19)20)10-13-3-5-14(18)6-4-13/h3-9,16H,10H2,1-2H3,(H,19,20)/t16-/m1/s1. The summed E-state index contributed by atoms with van der Waals surface area (Å²) in [5, 5.41) is 9.29. The lowest BCUT2D eigenvalue weighted by Crippen LogP contribution is -2.29. The number of aliphatic carboxylic acids is 1. The molecule has 2 aromatic carbocycles. The molecule has 21 heavy (non-hydrogen) atoms. The maximum absolute atomic E-state index is 12.9. The van der Waals surface area contributed by atoms with E-state index in [4.69, 9.17) is 4.74 Å². The van der Waals surface area contributed by atoms with Crippen LogP contribution in [-0.2, 0) is 11.2 Å². The van der Waals surface area contributed by atoms with Crippen molar-refractivity contribution >= 4 is 5.97 Å². The molecule has 1 N–H and O–H groups in total. The van der Waals surface area contributed by atoms with Gasteiger partial charge in [0.2, 0.25) is 0 Å². The number of aryl methyl sites for hydroxylation is 2. The van der Waals surface area contributed by atoms with Gasteiger partial charge in [0.05, 0.1) is 0 Å². The largest absolute Gasteiger partial charge is 0.478 e. The monoisotopic (exact) mass is 288 g/mol. The average molecular weight is 288 g/mol. The van der Waals surface area contributed by atoms with Crippen molar-refractivity contribution in [3.05, 3.63) is 65.0 Å². The van der Waals surface area contributed by atoms with E-state index < -0.39 is 12.1 Å². The van der Waals surface area contributed by atoms with Crippen molar-refractivity contribution in [2.24, 2.45) is 0 Å². The lowest BCUT2D eigenvalue weighted by molar-refractivity contribution is -0.145. The van der Waals surface area contributed by atoms with Gasteiger partial charge in [-0.1, -0.05) is 18.2 Å².